The van der Waals surface area contributed by atoms with E-state index in [9.17, 15) is 14.4 Å². The number of hydrazine groups is 1. The number of Topliss-reactive ketones (excluding diaryl/α,β-unsaturated/α-hetero) is 1. The summed E-state index contributed by atoms with van der Waals surface area (Å²) in [6.07, 6.45) is 0.491. The number of benzene rings is 1. The van der Waals surface area contributed by atoms with Crippen LogP contribution in [-0.2, 0) is 16.0 Å². The van der Waals surface area contributed by atoms with Crippen molar-refractivity contribution in [3.63, 3.8) is 0 Å². The summed E-state index contributed by atoms with van der Waals surface area (Å²) in [5, 5.41) is 6.13. The maximum atomic E-state index is 12.1. The molecule has 128 valence electrons. The van der Waals surface area contributed by atoms with Gasteiger partial charge in [0.25, 0.3) is 0 Å². The van der Waals surface area contributed by atoms with Gasteiger partial charge >= 0.3 is 6.09 Å². The molecule has 3 rings (SSSR count). The number of carbonyl (C=O) groups excluding carboxylic acids is 3. The van der Waals surface area contributed by atoms with E-state index >= 15 is 0 Å². The molecule has 1 atom stereocenters. The predicted octanol–water partition coefficient (Wildman–Crippen LogP) is 1.51. The van der Waals surface area contributed by atoms with E-state index in [-0.39, 0.29) is 17.8 Å². The first-order valence-corrected chi connectivity index (χ1v) is 8.15. The fraction of sp³-hybridized carbons (Fsp3) is 0.471. The van der Waals surface area contributed by atoms with Gasteiger partial charge in [-0.15, -0.1) is 0 Å². The average Bonchev–Trinajstić information content (AvgIpc) is 3.14. The number of hydrogen-bond acceptors (Lipinski definition) is 5. The lowest BCUT2D eigenvalue weighted by molar-refractivity contribution is -0.119. The van der Waals surface area contributed by atoms with Crippen molar-refractivity contribution in [1.82, 2.24) is 10.3 Å². The summed E-state index contributed by atoms with van der Waals surface area (Å²) in [5.74, 6) is -0.0312. The monoisotopic (exact) mass is 331 g/mol. The Morgan fingerprint density at radius 3 is 2.83 bits per heavy atom. The highest BCUT2D eigenvalue weighted by Gasteiger charge is 2.37. The molecule has 0 aliphatic carbocycles. The zero-order valence-corrected chi connectivity index (χ0v) is 13.9. The van der Waals surface area contributed by atoms with Gasteiger partial charge in [-0.25, -0.2) is 9.80 Å². The smallest absolute Gasteiger partial charge is 0.429 e. The van der Waals surface area contributed by atoms with Crippen LogP contribution in [0.1, 0.15) is 36.2 Å². The molecule has 2 aliphatic heterocycles. The lowest BCUT2D eigenvalue weighted by atomic mass is 10.0. The molecule has 1 N–H and O–H groups in total. The molecule has 24 heavy (non-hydrogen) atoms. The molecule has 2 amide bonds. The second-order valence-corrected chi connectivity index (χ2v) is 6.02. The van der Waals surface area contributed by atoms with Crippen molar-refractivity contribution in [2.24, 2.45) is 0 Å². The number of nitrogens with zero attached hydrogens (tertiary/aromatic N) is 2. The van der Waals surface area contributed by atoms with Crippen LogP contribution < -0.4 is 10.3 Å². The number of anilines is 1. The fourth-order valence-corrected chi connectivity index (χ4v) is 3.08. The van der Waals surface area contributed by atoms with Gasteiger partial charge in [0.1, 0.15) is 6.10 Å². The van der Waals surface area contributed by atoms with E-state index in [1.54, 1.807) is 11.1 Å². The van der Waals surface area contributed by atoms with E-state index in [2.05, 4.69) is 5.32 Å². The summed E-state index contributed by atoms with van der Waals surface area (Å²) in [7, 11) is 0. The van der Waals surface area contributed by atoms with Gasteiger partial charge in [-0.2, -0.15) is 0 Å². The third kappa shape index (κ3) is 3.06. The van der Waals surface area contributed by atoms with Gasteiger partial charge < -0.3 is 10.1 Å². The summed E-state index contributed by atoms with van der Waals surface area (Å²) < 4.78 is 5.31. The first-order valence-electron chi connectivity index (χ1n) is 8.15. The SMILES string of the molecule is CCC(=O)c1ccc2c(c1)CCN2N1CC(CNC(C)=O)OC1=O. The molecule has 1 saturated heterocycles. The van der Waals surface area contributed by atoms with Crippen molar-refractivity contribution in [2.75, 3.05) is 24.6 Å². The van der Waals surface area contributed by atoms with Crippen LogP contribution in [0.4, 0.5) is 10.5 Å². The van der Waals surface area contributed by atoms with Crippen LogP contribution in [0, 0.1) is 0 Å². The maximum Gasteiger partial charge on any atom is 0.429 e. The fourth-order valence-electron chi connectivity index (χ4n) is 3.08. The van der Waals surface area contributed by atoms with Crippen LogP contribution in [0.3, 0.4) is 0 Å². The molecule has 0 bridgehead atoms. The van der Waals surface area contributed by atoms with Crippen LogP contribution in [0.2, 0.25) is 0 Å². The Morgan fingerprint density at radius 2 is 2.12 bits per heavy atom. The molecule has 0 aromatic heterocycles. The minimum Gasteiger partial charge on any atom is -0.441 e. The molecule has 2 aliphatic rings. The number of cyclic esters (lactones) is 1. The topological polar surface area (TPSA) is 79.0 Å². The number of rotatable bonds is 5. The zero-order chi connectivity index (χ0) is 17.3. The van der Waals surface area contributed by atoms with Crippen molar-refractivity contribution in [3.8, 4) is 0 Å². The Labute approximate surface area is 140 Å². The second kappa shape index (κ2) is 6.51. The number of amides is 2. The van der Waals surface area contributed by atoms with E-state index in [0.29, 0.717) is 31.6 Å². The van der Waals surface area contributed by atoms with E-state index in [1.165, 1.54) is 6.92 Å². The number of fused-ring (bicyclic) bond motifs is 1. The molecular weight excluding hydrogens is 310 g/mol. The Kier molecular flexibility index (Phi) is 4.42. The number of ether oxygens (including phenoxy) is 1. The van der Waals surface area contributed by atoms with Gasteiger partial charge in [-0.05, 0) is 30.2 Å². The first kappa shape index (κ1) is 16.3. The molecular formula is C17H21N3O4. The summed E-state index contributed by atoms with van der Waals surface area (Å²) in [6, 6.07) is 5.61. The molecule has 7 heteroatoms. The highest BCUT2D eigenvalue weighted by molar-refractivity contribution is 5.96. The minimum atomic E-state index is -0.410. The van der Waals surface area contributed by atoms with E-state index in [4.69, 9.17) is 4.74 Å². The quantitative estimate of drug-likeness (QED) is 0.828. The largest absolute Gasteiger partial charge is 0.441 e. The lowest BCUT2D eigenvalue weighted by Gasteiger charge is -2.28. The van der Waals surface area contributed by atoms with Crippen molar-refractivity contribution in [1.29, 1.82) is 0 Å². The van der Waals surface area contributed by atoms with Crippen LogP contribution in [-0.4, -0.2) is 48.5 Å². The number of hydrogen-bond donors (Lipinski definition) is 1. The predicted molar refractivity (Wildman–Crippen MR) is 87.8 cm³/mol. The van der Waals surface area contributed by atoms with Gasteiger partial charge in [0.2, 0.25) is 5.91 Å². The van der Waals surface area contributed by atoms with Crippen molar-refractivity contribution in [3.05, 3.63) is 29.3 Å². The van der Waals surface area contributed by atoms with Crippen molar-refractivity contribution in [2.45, 2.75) is 32.8 Å². The highest BCUT2D eigenvalue weighted by atomic mass is 16.6. The molecule has 2 heterocycles. The maximum absolute atomic E-state index is 12.1. The van der Waals surface area contributed by atoms with E-state index in [1.807, 2.05) is 24.1 Å². The third-order valence-corrected chi connectivity index (χ3v) is 4.32. The summed E-state index contributed by atoms with van der Waals surface area (Å²) in [6.45, 7) is 4.65. The van der Waals surface area contributed by atoms with Gasteiger partial charge in [0.05, 0.1) is 18.8 Å². The van der Waals surface area contributed by atoms with Gasteiger partial charge in [-0.1, -0.05) is 6.92 Å². The number of nitrogens with one attached hydrogen (secondary N) is 1. The number of carbonyl (C=O) groups is 3. The molecule has 0 radical (unpaired) electrons. The van der Waals surface area contributed by atoms with Crippen LogP contribution in [0.5, 0.6) is 0 Å². The van der Waals surface area contributed by atoms with Gasteiger partial charge in [-0.3, -0.25) is 14.6 Å². The number of ketones is 1. The molecule has 1 fully saturated rings. The van der Waals surface area contributed by atoms with E-state index < -0.39 is 6.09 Å². The second-order valence-electron chi connectivity index (χ2n) is 6.02. The zero-order valence-electron chi connectivity index (χ0n) is 13.9. The first-order chi connectivity index (χ1) is 11.5. The van der Waals surface area contributed by atoms with Crippen LogP contribution in [0.15, 0.2) is 18.2 Å². The highest BCUT2D eigenvalue weighted by Crippen LogP contribution is 2.32. The third-order valence-electron chi connectivity index (χ3n) is 4.32. The Morgan fingerprint density at radius 1 is 1.33 bits per heavy atom. The van der Waals surface area contributed by atoms with Crippen LogP contribution in [0.25, 0.3) is 0 Å². The van der Waals surface area contributed by atoms with Gasteiger partial charge in [0, 0.05) is 25.5 Å². The van der Waals surface area contributed by atoms with Crippen LogP contribution >= 0.6 is 0 Å². The Hall–Kier alpha value is -2.57. The standard InChI is InChI=1S/C17H21N3O4/c1-3-16(22)13-4-5-15-12(8-13)6-7-19(15)20-10-14(24-17(20)23)9-18-11(2)21/h4-5,8,14H,3,6-7,9-10H2,1-2H3,(H,18,21). The molecule has 0 spiro atoms. The summed E-state index contributed by atoms with van der Waals surface area (Å²) in [4.78, 5) is 35.0. The van der Waals surface area contributed by atoms with Gasteiger partial charge in [0.15, 0.2) is 5.78 Å². The Bertz CT molecular complexity index is 688. The van der Waals surface area contributed by atoms with Crippen molar-refractivity contribution >= 4 is 23.5 Å². The summed E-state index contributed by atoms with van der Waals surface area (Å²) >= 11 is 0. The average molecular weight is 331 g/mol. The minimum absolute atomic E-state index is 0.118. The summed E-state index contributed by atoms with van der Waals surface area (Å²) in [5.41, 5.74) is 2.71. The van der Waals surface area contributed by atoms with Crippen molar-refractivity contribution < 1.29 is 19.1 Å². The normalized spacial score (nSPS) is 19.2. The lowest BCUT2D eigenvalue weighted by Crippen LogP contribution is -2.43. The molecule has 1 unspecified atom stereocenters. The molecule has 1 aromatic carbocycles. The molecule has 0 saturated carbocycles. The molecule has 7 nitrogen and oxygen atoms in total. The Balaban J connectivity index is 1.73. The molecule has 1 aromatic rings. The van der Waals surface area contributed by atoms with E-state index in [0.717, 1.165) is 17.7 Å².